The van der Waals surface area contributed by atoms with Gasteiger partial charge in [-0.15, -0.1) is 0 Å². The van der Waals surface area contributed by atoms with Crippen LogP contribution in [0.15, 0.2) is 0 Å². The zero-order valence-corrected chi connectivity index (χ0v) is 10.3. The molecule has 1 unspecified atom stereocenters. The molecule has 0 aliphatic heterocycles. The van der Waals surface area contributed by atoms with E-state index in [1.54, 1.807) is 6.92 Å². The van der Waals surface area contributed by atoms with E-state index in [4.69, 9.17) is 12.2 Å². The third kappa shape index (κ3) is 4.62. The van der Waals surface area contributed by atoms with Gasteiger partial charge in [0.1, 0.15) is 10.1 Å². The van der Waals surface area contributed by atoms with Crippen molar-refractivity contribution >= 4 is 34.1 Å². The number of Topliss-reactive ketones (excluding diaryl/α,β-unsaturated/α-hetero) is 1. The molecule has 0 aliphatic carbocycles. The van der Waals surface area contributed by atoms with Crippen LogP contribution in [0, 0.1) is 0 Å². The van der Waals surface area contributed by atoms with Gasteiger partial charge in [0.15, 0.2) is 0 Å². The molecular formula is C9H17NOS2. The first-order chi connectivity index (χ1) is 6.02. The van der Waals surface area contributed by atoms with Gasteiger partial charge in [0.05, 0.1) is 5.25 Å². The Morgan fingerprint density at radius 1 is 1.46 bits per heavy atom. The fraction of sp³-hybridized carbons (Fsp3) is 0.778. The van der Waals surface area contributed by atoms with Crippen LogP contribution >= 0.6 is 24.0 Å². The van der Waals surface area contributed by atoms with Crippen LogP contribution in [0.3, 0.4) is 0 Å². The standard InChI is InChI=1S/C9H17NOS2/c1-5-10(6-2)9(12)13-8(4)7(3)11/h8H,5-6H2,1-4H3. The van der Waals surface area contributed by atoms with E-state index in [1.807, 2.05) is 6.92 Å². The highest BCUT2D eigenvalue weighted by molar-refractivity contribution is 8.23. The molecule has 0 aromatic rings. The van der Waals surface area contributed by atoms with Gasteiger partial charge >= 0.3 is 0 Å². The Hall–Kier alpha value is -0.0900. The quantitative estimate of drug-likeness (QED) is 0.676. The van der Waals surface area contributed by atoms with E-state index < -0.39 is 0 Å². The number of ketones is 1. The Balaban J connectivity index is 4.05. The highest BCUT2D eigenvalue weighted by Crippen LogP contribution is 2.16. The second-order valence-corrected chi connectivity index (χ2v) is 4.78. The minimum atomic E-state index is -0.0203. The smallest absolute Gasteiger partial charge is 0.142 e. The molecule has 0 bridgehead atoms. The van der Waals surface area contributed by atoms with Gasteiger partial charge in [0.25, 0.3) is 0 Å². The molecule has 0 N–H and O–H groups in total. The van der Waals surface area contributed by atoms with Crippen LogP contribution < -0.4 is 0 Å². The van der Waals surface area contributed by atoms with Gasteiger partial charge in [-0.05, 0) is 27.7 Å². The van der Waals surface area contributed by atoms with Gasteiger partial charge in [0.2, 0.25) is 0 Å². The Morgan fingerprint density at radius 2 is 1.92 bits per heavy atom. The van der Waals surface area contributed by atoms with Crippen molar-refractivity contribution in [3.8, 4) is 0 Å². The number of rotatable bonds is 4. The highest BCUT2D eigenvalue weighted by Gasteiger charge is 2.14. The number of nitrogens with zero attached hydrogens (tertiary/aromatic N) is 1. The lowest BCUT2D eigenvalue weighted by Crippen LogP contribution is -2.28. The average molecular weight is 219 g/mol. The molecule has 1 atom stereocenters. The molecule has 0 saturated carbocycles. The van der Waals surface area contributed by atoms with Gasteiger partial charge in [-0.25, -0.2) is 0 Å². The summed E-state index contributed by atoms with van der Waals surface area (Å²) in [6.45, 7) is 9.44. The molecular weight excluding hydrogens is 202 g/mol. The van der Waals surface area contributed by atoms with Gasteiger partial charge in [0, 0.05) is 13.1 Å². The third-order valence-electron chi connectivity index (χ3n) is 1.87. The zero-order chi connectivity index (χ0) is 10.4. The fourth-order valence-corrected chi connectivity index (χ4v) is 2.36. The Morgan fingerprint density at radius 3 is 2.23 bits per heavy atom. The van der Waals surface area contributed by atoms with E-state index in [1.165, 1.54) is 11.8 Å². The predicted octanol–water partition coefficient (Wildman–Crippen LogP) is 2.32. The van der Waals surface area contributed by atoms with Crippen molar-refractivity contribution in [2.75, 3.05) is 13.1 Å². The number of hydrogen-bond acceptors (Lipinski definition) is 3. The summed E-state index contributed by atoms with van der Waals surface area (Å²) in [5.74, 6) is 0.180. The lowest BCUT2D eigenvalue weighted by Gasteiger charge is -2.22. The first kappa shape index (κ1) is 12.9. The molecule has 0 aromatic heterocycles. The lowest BCUT2D eigenvalue weighted by atomic mass is 10.3. The molecule has 0 aromatic carbocycles. The number of carbonyl (C=O) groups is 1. The first-order valence-electron chi connectivity index (χ1n) is 4.48. The van der Waals surface area contributed by atoms with Crippen molar-refractivity contribution in [1.82, 2.24) is 4.90 Å². The minimum Gasteiger partial charge on any atom is -0.358 e. The lowest BCUT2D eigenvalue weighted by molar-refractivity contribution is -0.116. The maximum absolute atomic E-state index is 11.0. The summed E-state index contributed by atoms with van der Waals surface area (Å²) in [6.07, 6.45) is 0. The summed E-state index contributed by atoms with van der Waals surface area (Å²) in [5, 5.41) is -0.0203. The van der Waals surface area contributed by atoms with Crippen LogP contribution in [0.4, 0.5) is 0 Å². The molecule has 0 rings (SSSR count). The summed E-state index contributed by atoms with van der Waals surface area (Å²) in [5.41, 5.74) is 0. The van der Waals surface area contributed by atoms with Crippen LogP contribution in [-0.4, -0.2) is 33.3 Å². The molecule has 0 spiro atoms. The van der Waals surface area contributed by atoms with E-state index in [9.17, 15) is 4.79 Å². The van der Waals surface area contributed by atoms with Gasteiger partial charge in [-0.2, -0.15) is 0 Å². The summed E-state index contributed by atoms with van der Waals surface area (Å²) in [7, 11) is 0. The molecule has 0 saturated heterocycles. The molecule has 0 amide bonds. The van der Waals surface area contributed by atoms with Crippen LogP contribution in [0.2, 0.25) is 0 Å². The van der Waals surface area contributed by atoms with Crippen LogP contribution in [-0.2, 0) is 4.79 Å². The molecule has 13 heavy (non-hydrogen) atoms. The van der Waals surface area contributed by atoms with Crippen molar-refractivity contribution < 1.29 is 4.79 Å². The van der Waals surface area contributed by atoms with Crippen molar-refractivity contribution in [3.63, 3.8) is 0 Å². The number of thioether (sulfide) groups is 1. The SMILES string of the molecule is CCN(CC)C(=S)SC(C)C(C)=O. The second-order valence-electron chi connectivity index (χ2n) is 2.81. The Labute approximate surface area is 90.1 Å². The van der Waals surface area contributed by atoms with Crippen molar-refractivity contribution in [2.45, 2.75) is 32.9 Å². The van der Waals surface area contributed by atoms with Crippen LogP contribution in [0.25, 0.3) is 0 Å². The Bertz CT molecular complexity index is 190. The summed E-state index contributed by atoms with van der Waals surface area (Å²) >= 11 is 6.68. The van der Waals surface area contributed by atoms with E-state index in [2.05, 4.69) is 18.7 Å². The van der Waals surface area contributed by atoms with E-state index in [0.29, 0.717) is 0 Å². The zero-order valence-electron chi connectivity index (χ0n) is 8.66. The monoisotopic (exact) mass is 219 g/mol. The Kier molecular flexibility index (Phi) is 6.33. The molecule has 0 heterocycles. The van der Waals surface area contributed by atoms with Crippen molar-refractivity contribution in [1.29, 1.82) is 0 Å². The molecule has 76 valence electrons. The van der Waals surface area contributed by atoms with Crippen molar-refractivity contribution in [2.24, 2.45) is 0 Å². The number of hydrogen-bond donors (Lipinski definition) is 0. The topological polar surface area (TPSA) is 20.3 Å². The summed E-state index contributed by atoms with van der Waals surface area (Å²) in [6, 6.07) is 0. The maximum atomic E-state index is 11.0. The van der Waals surface area contributed by atoms with Crippen LogP contribution in [0.5, 0.6) is 0 Å². The molecule has 0 aliphatic rings. The van der Waals surface area contributed by atoms with E-state index in [0.717, 1.165) is 17.4 Å². The average Bonchev–Trinajstić information content (AvgIpc) is 2.06. The van der Waals surface area contributed by atoms with Gasteiger partial charge < -0.3 is 4.90 Å². The van der Waals surface area contributed by atoms with E-state index in [-0.39, 0.29) is 11.0 Å². The normalized spacial score (nSPS) is 12.3. The minimum absolute atomic E-state index is 0.0203. The molecule has 2 nitrogen and oxygen atoms in total. The summed E-state index contributed by atoms with van der Waals surface area (Å²) < 4.78 is 0.827. The first-order valence-corrected chi connectivity index (χ1v) is 5.77. The number of carbonyl (C=O) groups excluding carboxylic acids is 1. The molecule has 0 radical (unpaired) electrons. The van der Waals surface area contributed by atoms with Crippen molar-refractivity contribution in [3.05, 3.63) is 0 Å². The van der Waals surface area contributed by atoms with Gasteiger partial charge in [-0.3, -0.25) is 4.79 Å². The number of thiocarbonyl (C=S) groups is 1. The molecule has 0 fully saturated rings. The summed E-state index contributed by atoms with van der Waals surface area (Å²) in [4.78, 5) is 13.1. The second kappa shape index (κ2) is 6.38. The van der Waals surface area contributed by atoms with Crippen LogP contribution in [0.1, 0.15) is 27.7 Å². The highest BCUT2D eigenvalue weighted by atomic mass is 32.2. The van der Waals surface area contributed by atoms with Gasteiger partial charge in [-0.1, -0.05) is 24.0 Å². The van der Waals surface area contributed by atoms with E-state index >= 15 is 0 Å². The fourth-order valence-electron chi connectivity index (χ4n) is 0.791. The predicted molar refractivity (Wildman–Crippen MR) is 63.3 cm³/mol. The largest absolute Gasteiger partial charge is 0.358 e. The molecule has 4 heteroatoms. The maximum Gasteiger partial charge on any atom is 0.142 e. The third-order valence-corrected chi connectivity index (χ3v) is 3.56.